The molecule has 6 heteroatoms. The number of nitrogens with one attached hydrogen (secondary N) is 1. The third-order valence-electron chi connectivity index (χ3n) is 4.19. The van der Waals surface area contributed by atoms with Crippen LogP contribution < -0.4 is 4.90 Å². The summed E-state index contributed by atoms with van der Waals surface area (Å²) < 4.78 is 0. The Labute approximate surface area is 155 Å². The van der Waals surface area contributed by atoms with Gasteiger partial charge in [0.1, 0.15) is 17.3 Å². The van der Waals surface area contributed by atoms with Crippen molar-refractivity contribution >= 4 is 17.5 Å². The van der Waals surface area contributed by atoms with Gasteiger partial charge in [-0.15, -0.1) is 0 Å². The van der Waals surface area contributed by atoms with Crippen LogP contribution in [-0.4, -0.2) is 33.2 Å². The molecule has 2 rings (SSSR count). The molecule has 1 N–H and O–H groups in total. The predicted octanol–water partition coefficient (Wildman–Crippen LogP) is 3.73. The standard InChI is InChI=1S/C20H28N4O2/c1-4-9-17-22-15(6-3)20(23-17)16(25)12-14-24(19(26)10-5-2)18-11-7-8-13-21-18/h7-8,11,13H,4-6,9-10,12,14H2,1-3H3,(H,22,23). The minimum atomic E-state index is -0.0364. The Balaban J connectivity index is 2.13. The molecule has 2 heterocycles. The molecule has 26 heavy (non-hydrogen) atoms. The molecule has 0 fully saturated rings. The molecule has 0 saturated carbocycles. The topological polar surface area (TPSA) is 79.0 Å². The molecule has 0 aromatic carbocycles. The van der Waals surface area contributed by atoms with Crippen molar-refractivity contribution in [3.8, 4) is 0 Å². The second-order valence-electron chi connectivity index (χ2n) is 6.27. The number of H-pyrrole nitrogens is 1. The maximum Gasteiger partial charge on any atom is 0.228 e. The van der Waals surface area contributed by atoms with Gasteiger partial charge in [0.05, 0.1) is 0 Å². The van der Waals surface area contributed by atoms with Crippen LogP contribution in [0, 0.1) is 0 Å². The van der Waals surface area contributed by atoms with Crippen molar-refractivity contribution in [2.24, 2.45) is 0 Å². The molecule has 2 aromatic heterocycles. The SMILES string of the molecule is CCCC(=O)N(CCC(=O)c1nc(CCC)[nH]c1CC)c1ccccn1. The first-order valence-corrected chi connectivity index (χ1v) is 9.42. The van der Waals surface area contributed by atoms with E-state index in [0.717, 1.165) is 37.2 Å². The van der Waals surface area contributed by atoms with E-state index in [1.54, 1.807) is 17.2 Å². The summed E-state index contributed by atoms with van der Waals surface area (Å²) in [7, 11) is 0. The van der Waals surface area contributed by atoms with Crippen molar-refractivity contribution in [2.45, 2.75) is 59.3 Å². The molecular weight excluding hydrogens is 328 g/mol. The average molecular weight is 356 g/mol. The fourth-order valence-corrected chi connectivity index (χ4v) is 2.87. The van der Waals surface area contributed by atoms with Gasteiger partial charge in [-0.05, 0) is 31.4 Å². The fraction of sp³-hybridized carbons (Fsp3) is 0.500. The number of Topliss-reactive ketones (excluding diaryl/α,β-unsaturated/α-hetero) is 1. The lowest BCUT2D eigenvalue weighted by molar-refractivity contribution is -0.118. The highest BCUT2D eigenvalue weighted by Crippen LogP contribution is 2.15. The Morgan fingerprint density at radius 1 is 1.12 bits per heavy atom. The van der Waals surface area contributed by atoms with E-state index in [2.05, 4.69) is 21.9 Å². The zero-order valence-electron chi connectivity index (χ0n) is 15.9. The van der Waals surface area contributed by atoms with Crippen LogP contribution in [0.5, 0.6) is 0 Å². The number of hydrogen-bond donors (Lipinski definition) is 1. The molecule has 0 saturated heterocycles. The first kappa shape index (κ1) is 19.8. The molecule has 0 bridgehead atoms. The summed E-state index contributed by atoms with van der Waals surface area (Å²) in [4.78, 5) is 38.8. The van der Waals surface area contributed by atoms with E-state index in [-0.39, 0.29) is 18.1 Å². The molecule has 0 spiro atoms. The van der Waals surface area contributed by atoms with Crippen LogP contribution in [0.2, 0.25) is 0 Å². The Morgan fingerprint density at radius 3 is 2.54 bits per heavy atom. The Kier molecular flexibility index (Phi) is 7.51. The van der Waals surface area contributed by atoms with Crippen LogP contribution in [0.15, 0.2) is 24.4 Å². The molecule has 6 nitrogen and oxygen atoms in total. The molecule has 0 atom stereocenters. The van der Waals surface area contributed by atoms with Gasteiger partial charge in [0.15, 0.2) is 5.78 Å². The van der Waals surface area contributed by atoms with Crippen LogP contribution >= 0.6 is 0 Å². The largest absolute Gasteiger partial charge is 0.345 e. The van der Waals surface area contributed by atoms with Crippen molar-refractivity contribution < 1.29 is 9.59 Å². The van der Waals surface area contributed by atoms with Gasteiger partial charge in [0.25, 0.3) is 0 Å². The van der Waals surface area contributed by atoms with Crippen molar-refractivity contribution in [2.75, 3.05) is 11.4 Å². The molecule has 0 aliphatic heterocycles. The monoisotopic (exact) mass is 356 g/mol. The van der Waals surface area contributed by atoms with Crippen LogP contribution in [0.1, 0.15) is 68.5 Å². The molecule has 1 amide bonds. The van der Waals surface area contributed by atoms with Gasteiger partial charge in [0.2, 0.25) is 5.91 Å². The minimum absolute atomic E-state index is 0.0107. The Morgan fingerprint density at radius 2 is 1.92 bits per heavy atom. The van der Waals surface area contributed by atoms with Gasteiger partial charge >= 0.3 is 0 Å². The zero-order chi connectivity index (χ0) is 18.9. The Bertz CT molecular complexity index is 725. The summed E-state index contributed by atoms with van der Waals surface area (Å²) >= 11 is 0. The van der Waals surface area contributed by atoms with Crippen LogP contribution in [0.25, 0.3) is 0 Å². The molecule has 0 aliphatic rings. The summed E-state index contributed by atoms with van der Waals surface area (Å²) in [6.07, 6.45) is 5.62. The van der Waals surface area contributed by atoms with Gasteiger partial charge in [-0.25, -0.2) is 9.97 Å². The second kappa shape index (κ2) is 9.85. The highest BCUT2D eigenvalue weighted by atomic mass is 16.2. The van der Waals surface area contributed by atoms with E-state index in [4.69, 9.17) is 0 Å². The quantitative estimate of drug-likeness (QED) is 0.658. The third-order valence-corrected chi connectivity index (χ3v) is 4.19. The lowest BCUT2D eigenvalue weighted by Crippen LogP contribution is -2.33. The lowest BCUT2D eigenvalue weighted by Gasteiger charge is -2.21. The van der Waals surface area contributed by atoms with Gasteiger partial charge in [-0.1, -0.05) is 26.8 Å². The van der Waals surface area contributed by atoms with E-state index in [9.17, 15) is 9.59 Å². The van der Waals surface area contributed by atoms with Crippen molar-refractivity contribution in [1.29, 1.82) is 0 Å². The minimum Gasteiger partial charge on any atom is -0.345 e. The number of amides is 1. The van der Waals surface area contributed by atoms with E-state index >= 15 is 0 Å². The number of aryl methyl sites for hydroxylation is 2. The fourth-order valence-electron chi connectivity index (χ4n) is 2.87. The number of carbonyl (C=O) groups excluding carboxylic acids is 2. The highest BCUT2D eigenvalue weighted by Gasteiger charge is 2.21. The Hall–Kier alpha value is -2.50. The van der Waals surface area contributed by atoms with Gasteiger partial charge in [-0.2, -0.15) is 0 Å². The number of carbonyl (C=O) groups is 2. The number of aromatic amines is 1. The average Bonchev–Trinajstić information content (AvgIpc) is 3.06. The van der Waals surface area contributed by atoms with E-state index < -0.39 is 0 Å². The maximum absolute atomic E-state index is 12.7. The second-order valence-corrected chi connectivity index (χ2v) is 6.27. The molecule has 0 unspecified atom stereocenters. The van der Waals surface area contributed by atoms with Crippen LogP contribution in [0.4, 0.5) is 5.82 Å². The van der Waals surface area contributed by atoms with Crippen LogP contribution in [-0.2, 0) is 17.6 Å². The third kappa shape index (κ3) is 5.00. The molecular formula is C20H28N4O2. The van der Waals surface area contributed by atoms with Gasteiger partial charge in [0, 0.05) is 37.7 Å². The first-order valence-electron chi connectivity index (χ1n) is 9.42. The molecule has 2 aromatic rings. The number of imidazole rings is 1. The summed E-state index contributed by atoms with van der Waals surface area (Å²) in [6.45, 7) is 6.37. The number of pyridine rings is 1. The summed E-state index contributed by atoms with van der Waals surface area (Å²) in [5, 5.41) is 0. The van der Waals surface area contributed by atoms with Gasteiger partial charge < -0.3 is 4.98 Å². The van der Waals surface area contributed by atoms with Crippen molar-refractivity contribution in [3.63, 3.8) is 0 Å². The zero-order valence-corrected chi connectivity index (χ0v) is 15.9. The lowest BCUT2D eigenvalue weighted by atomic mass is 10.1. The first-order chi connectivity index (χ1) is 12.6. The van der Waals surface area contributed by atoms with Crippen LogP contribution in [0.3, 0.4) is 0 Å². The smallest absolute Gasteiger partial charge is 0.228 e. The van der Waals surface area contributed by atoms with Crippen molar-refractivity contribution in [3.05, 3.63) is 41.6 Å². The van der Waals surface area contributed by atoms with Gasteiger partial charge in [-0.3, -0.25) is 14.5 Å². The molecule has 0 radical (unpaired) electrons. The van der Waals surface area contributed by atoms with Crippen molar-refractivity contribution in [1.82, 2.24) is 15.0 Å². The summed E-state index contributed by atoms with van der Waals surface area (Å²) in [6, 6.07) is 5.45. The molecule has 0 aliphatic carbocycles. The maximum atomic E-state index is 12.7. The number of nitrogens with zero attached hydrogens (tertiary/aromatic N) is 3. The summed E-state index contributed by atoms with van der Waals surface area (Å²) in [5.74, 6) is 1.40. The number of ketones is 1. The summed E-state index contributed by atoms with van der Waals surface area (Å²) in [5.41, 5.74) is 1.39. The normalized spacial score (nSPS) is 10.7. The van der Waals surface area contributed by atoms with E-state index in [1.807, 2.05) is 26.0 Å². The van der Waals surface area contributed by atoms with E-state index in [1.165, 1.54) is 0 Å². The van der Waals surface area contributed by atoms with E-state index in [0.29, 0.717) is 24.5 Å². The highest BCUT2D eigenvalue weighted by molar-refractivity contribution is 5.97. The number of rotatable bonds is 10. The predicted molar refractivity (Wildman–Crippen MR) is 102 cm³/mol. The number of anilines is 1. The number of aromatic nitrogens is 3. The molecule has 140 valence electrons. The number of hydrogen-bond acceptors (Lipinski definition) is 4.